The van der Waals surface area contributed by atoms with Crippen LogP contribution < -0.4 is 9.47 Å². The van der Waals surface area contributed by atoms with Gasteiger partial charge in [-0.15, -0.1) is 0 Å². The average molecular weight is 460 g/mol. The number of aliphatic hydroxyl groups excluding tert-OH is 1. The predicted octanol–water partition coefficient (Wildman–Crippen LogP) is 4.21. The molecule has 8 heteroatoms. The fraction of sp³-hybridized carbons (Fsp3) is 0.333. The monoisotopic (exact) mass is 459 g/mol. The van der Waals surface area contributed by atoms with Gasteiger partial charge in [-0.25, -0.2) is 0 Å². The zero-order valence-corrected chi connectivity index (χ0v) is 19.0. The normalized spacial score (nSPS) is 17.6. The Bertz CT molecular complexity index is 1030. The molecule has 3 rings (SSSR count). The van der Waals surface area contributed by atoms with Gasteiger partial charge in [0.25, 0.3) is 11.7 Å². The molecular formula is C24H26ClNO6. The van der Waals surface area contributed by atoms with Gasteiger partial charge in [0.1, 0.15) is 17.3 Å². The number of hydrogen-bond donors (Lipinski definition) is 1. The number of carbonyl (C=O) groups is 2. The van der Waals surface area contributed by atoms with Crippen molar-refractivity contribution >= 4 is 29.1 Å². The highest BCUT2D eigenvalue weighted by Gasteiger charge is 2.45. The third-order valence-electron chi connectivity index (χ3n) is 5.20. The number of methoxy groups -OCH3 is 2. The lowest BCUT2D eigenvalue weighted by Gasteiger charge is -2.25. The number of hydrogen-bond acceptors (Lipinski definition) is 6. The Balaban J connectivity index is 2.13. The van der Waals surface area contributed by atoms with Gasteiger partial charge in [0.05, 0.1) is 30.4 Å². The van der Waals surface area contributed by atoms with Gasteiger partial charge in [0.15, 0.2) is 0 Å². The Kier molecular flexibility index (Phi) is 7.77. The molecule has 170 valence electrons. The second kappa shape index (κ2) is 10.5. The van der Waals surface area contributed by atoms with Crippen molar-refractivity contribution < 1.29 is 28.9 Å². The number of nitrogens with zero attached hydrogens (tertiary/aromatic N) is 1. The fourth-order valence-electron chi connectivity index (χ4n) is 3.75. The Morgan fingerprint density at radius 3 is 2.59 bits per heavy atom. The number of Topliss-reactive ketones (excluding diaryl/α,β-unsaturated/α-hetero) is 1. The van der Waals surface area contributed by atoms with Gasteiger partial charge in [0, 0.05) is 25.8 Å². The predicted molar refractivity (Wildman–Crippen MR) is 121 cm³/mol. The van der Waals surface area contributed by atoms with Crippen LogP contribution >= 0.6 is 11.6 Å². The van der Waals surface area contributed by atoms with Gasteiger partial charge in [-0.3, -0.25) is 9.59 Å². The van der Waals surface area contributed by atoms with Crippen molar-refractivity contribution in [2.24, 2.45) is 0 Å². The highest BCUT2D eigenvalue weighted by atomic mass is 35.5. The summed E-state index contributed by atoms with van der Waals surface area (Å²) in [4.78, 5) is 27.4. The van der Waals surface area contributed by atoms with E-state index in [9.17, 15) is 14.7 Å². The van der Waals surface area contributed by atoms with E-state index in [0.717, 1.165) is 0 Å². The summed E-state index contributed by atoms with van der Waals surface area (Å²) in [6.45, 7) is 3.07. The third-order valence-corrected chi connectivity index (χ3v) is 5.49. The first-order chi connectivity index (χ1) is 15.4. The zero-order valence-electron chi connectivity index (χ0n) is 18.3. The highest BCUT2D eigenvalue weighted by Crippen LogP contribution is 2.41. The molecule has 1 atom stereocenters. The average Bonchev–Trinajstić information content (AvgIpc) is 3.04. The molecular weight excluding hydrogens is 434 g/mol. The molecule has 2 aromatic carbocycles. The van der Waals surface area contributed by atoms with Crippen molar-refractivity contribution in [2.75, 3.05) is 34.0 Å². The van der Waals surface area contributed by atoms with Gasteiger partial charge in [-0.1, -0.05) is 23.7 Å². The van der Waals surface area contributed by atoms with E-state index in [1.807, 2.05) is 6.92 Å². The molecule has 7 nitrogen and oxygen atoms in total. The van der Waals surface area contributed by atoms with E-state index in [1.54, 1.807) is 43.5 Å². The molecule has 1 saturated heterocycles. The van der Waals surface area contributed by atoms with E-state index in [1.165, 1.54) is 18.1 Å². The maximum atomic E-state index is 13.0. The summed E-state index contributed by atoms with van der Waals surface area (Å²) >= 11 is 6.22. The standard InChI is InChI=1S/C24H26ClNO6/c1-4-32-17-8-5-7-15(13-17)21-20(23(28)24(29)26(21)11-6-12-30-2)22(27)16-9-10-19(31-3)18(25)14-16/h5,7-10,13-14,21,27H,4,6,11-12H2,1-3H3/b22-20+. The number of ketones is 1. The van der Waals surface area contributed by atoms with E-state index in [0.29, 0.717) is 48.8 Å². The molecule has 1 unspecified atom stereocenters. The molecule has 32 heavy (non-hydrogen) atoms. The number of halogens is 1. The SMILES string of the molecule is CCOc1cccc(C2/C(=C(\O)c3ccc(OC)c(Cl)c3)C(=O)C(=O)N2CCCOC)c1. The second-order valence-electron chi connectivity index (χ2n) is 7.19. The number of aliphatic hydroxyl groups is 1. The van der Waals surface area contributed by atoms with E-state index >= 15 is 0 Å². The van der Waals surface area contributed by atoms with Crippen LogP contribution in [0.5, 0.6) is 11.5 Å². The first kappa shape index (κ1) is 23.6. The Hall–Kier alpha value is -3.03. The minimum Gasteiger partial charge on any atom is -0.507 e. The van der Waals surface area contributed by atoms with Crippen molar-refractivity contribution in [3.8, 4) is 11.5 Å². The van der Waals surface area contributed by atoms with Gasteiger partial charge >= 0.3 is 0 Å². The fourth-order valence-corrected chi connectivity index (χ4v) is 4.00. The third kappa shape index (κ3) is 4.74. The van der Waals surface area contributed by atoms with Gasteiger partial charge in [0.2, 0.25) is 0 Å². The van der Waals surface area contributed by atoms with Crippen LogP contribution in [-0.4, -0.2) is 55.7 Å². The summed E-state index contributed by atoms with van der Waals surface area (Å²) < 4.78 is 15.9. The minimum atomic E-state index is -0.770. The summed E-state index contributed by atoms with van der Waals surface area (Å²) in [5.41, 5.74) is 0.979. The zero-order chi connectivity index (χ0) is 23.3. The smallest absolute Gasteiger partial charge is 0.295 e. The molecule has 1 heterocycles. The van der Waals surface area contributed by atoms with Crippen LogP contribution in [0.4, 0.5) is 0 Å². The minimum absolute atomic E-state index is 0.00213. The number of likely N-dealkylation sites (tertiary alicyclic amines) is 1. The molecule has 0 bridgehead atoms. The highest BCUT2D eigenvalue weighted by molar-refractivity contribution is 6.46. The van der Waals surface area contributed by atoms with Crippen LogP contribution in [0.25, 0.3) is 5.76 Å². The van der Waals surface area contributed by atoms with Gasteiger partial charge < -0.3 is 24.2 Å². The summed E-state index contributed by atoms with van der Waals surface area (Å²) in [5, 5.41) is 11.4. The lowest BCUT2D eigenvalue weighted by molar-refractivity contribution is -0.140. The Morgan fingerprint density at radius 2 is 1.94 bits per heavy atom. The maximum Gasteiger partial charge on any atom is 0.295 e. The molecule has 0 aliphatic carbocycles. The molecule has 1 aliphatic heterocycles. The van der Waals surface area contributed by atoms with Crippen molar-refractivity contribution in [1.82, 2.24) is 4.90 Å². The number of rotatable bonds is 9. The summed E-state index contributed by atoms with van der Waals surface area (Å²) in [6.07, 6.45) is 0.541. The van der Waals surface area contributed by atoms with Crippen LogP contribution in [0.1, 0.15) is 30.5 Å². The molecule has 0 saturated carbocycles. The molecule has 2 aromatic rings. The van der Waals surface area contributed by atoms with E-state index in [-0.39, 0.29) is 16.4 Å². The number of ether oxygens (including phenoxy) is 3. The van der Waals surface area contributed by atoms with Crippen LogP contribution in [-0.2, 0) is 14.3 Å². The summed E-state index contributed by atoms with van der Waals surface area (Å²) in [7, 11) is 3.06. The number of amides is 1. The van der Waals surface area contributed by atoms with Crippen molar-refractivity contribution in [1.29, 1.82) is 0 Å². The lowest BCUT2D eigenvalue weighted by Crippen LogP contribution is -2.31. The van der Waals surface area contributed by atoms with E-state index in [2.05, 4.69) is 0 Å². The van der Waals surface area contributed by atoms with Crippen molar-refractivity contribution in [3.63, 3.8) is 0 Å². The van der Waals surface area contributed by atoms with Crippen LogP contribution in [0.2, 0.25) is 5.02 Å². The van der Waals surface area contributed by atoms with Crippen LogP contribution in [0.3, 0.4) is 0 Å². The Labute approximate surface area is 192 Å². The molecule has 1 fully saturated rings. The van der Waals surface area contributed by atoms with Gasteiger partial charge in [-0.2, -0.15) is 0 Å². The maximum absolute atomic E-state index is 13.0. The van der Waals surface area contributed by atoms with Crippen LogP contribution in [0, 0.1) is 0 Å². The van der Waals surface area contributed by atoms with E-state index in [4.69, 9.17) is 25.8 Å². The first-order valence-corrected chi connectivity index (χ1v) is 10.6. The summed E-state index contributed by atoms with van der Waals surface area (Å²) in [5.74, 6) is -0.675. The molecule has 0 spiro atoms. The number of benzene rings is 2. The first-order valence-electron chi connectivity index (χ1n) is 10.3. The summed E-state index contributed by atoms with van der Waals surface area (Å²) in [6, 6.07) is 11.1. The quantitative estimate of drug-likeness (QED) is 0.262. The molecule has 1 N–H and O–H groups in total. The topological polar surface area (TPSA) is 85.3 Å². The van der Waals surface area contributed by atoms with E-state index < -0.39 is 17.7 Å². The van der Waals surface area contributed by atoms with Crippen molar-refractivity contribution in [3.05, 3.63) is 64.2 Å². The number of carbonyl (C=O) groups excluding carboxylic acids is 2. The lowest BCUT2D eigenvalue weighted by atomic mass is 9.95. The molecule has 1 amide bonds. The largest absolute Gasteiger partial charge is 0.507 e. The molecule has 0 radical (unpaired) electrons. The van der Waals surface area contributed by atoms with Gasteiger partial charge in [-0.05, 0) is 49.2 Å². The molecule has 0 aromatic heterocycles. The molecule has 1 aliphatic rings. The van der Waals surface area contributed by atoms with Crippen LogP contribution in [0.15, 0.2) is 48.0 Å². The Morgan fingerprint density at radius 1 is 1.16 bits per heavy atom. The second-order valence-corrected chi connectivity index (χ2v) is 7.60. The van der Waals surface area contributed by atoms with Crippen molar-refractivity contribution in [2.45, 2.75) is 19.4 Å².